The van der Waals surface area contributed by atoms with Crippen LogP contribution in [0.3, 0.4) is 0 Å². The van der Waals surface area contributed by atoms with Crippen molar-refractivity contribution in [3.05, 3.63) is 64.7 Å². The number of fused-ring (bicyclic) bond motifs is 3. The van der Waals surface area contributed by atoms with Gasteiger partial charge in [-0.1, -0.05) is 12.1 Å². The Morgan fingerprint density at radius 1 is 1.19 bits per heavy atom. The molecule has 2 aromatic rings. The fourth-order valence-electron chi connectivity index (χ4n) is 3.37. The summed E-state index contributed by atoms with van der Waals surface area (Å²) in [5.74, 6) is 0.413. The normalized spacial score (nSPS) is 17.3. The fraction of sp³-hybridized carbons (Fsp3) is 0.200. The van der Waals surface area contributed by atoms with Crippen LogP contribution in [0.1, 0.15) is 41.4 Å². The standard InChI is InChI=1S/C20H17N3O3/c1-3-26-13-9-7-12(8-10-13)18-17-19(23-22-18)14-5-4-6-15(21-11(2)24)16(14)20(17)25/h4-10,19H,3H2,1-2H3,(H,21,24). The zero-order valence-electron chi connectivity index (χ0n) is 14.4. The zero-order chi connectivity index (χ0) is 18.3. The van der Waals surface area contributed by atoms with Crippen molar-refractivity contribution < 1.29 is 14.3 Å². The van der Waals surface area contributed by atoms with Crippen LogP contribution in [-0.2, 0) is 4.79 Å². The molecule has 2 aliphatic rings. The molecule has 6 heteroatoms. The van der Waals surface area contributed by atoms with Gasteiger partial charge in [0.05, 0.1) is 23.4 Å². The molecular formula is C20H17N3O3. The van der Waals surface area contributed by atoms with Crippen molar-refractivity contribution in [2.45, 2.75) is 19.9 Å². The SMILES string of the molecule is CCOc1ccc(C2=C3C(=O)c4c(NC(C)=O)cccc4C3N=N2)cc1. The Kier molecular flexibility index (Phi) is 3.88. The number of Topliss-reactive ketones (excluding diaryl/α,β-unsaturated/α-hetero) is 1. The van der Waals surface area contributed by atoms with Crippen LogP contribution in [0.5, 0.6) is 5.75 Å². The van der Waals surface area contributed by atoms with Crippen molar-refractivity contribution in [1.29, 1.82) is 0 Å². The number of rotatable bonds is 4. The summed E-state index contributed by atoms with van der Waals surface area (Å²) in [6.07, 6.45) is 0. The summed E-state index contributed by atoms with van der Waals surface area (Å²) in [5, 5.41) is 11.3. The third-order valence-electron chi connectivity index (χ3n) is 4.41. The predicted molar refractivity (Wildman–Crippen MR) is 97.2 cm³/mol. The van der Waals surface area contributed by atoms with Gasteiger partial charge >= 0.3 is 0 Å². The minimum atomic E-state index is -0.409. The lowest BCUT2D eigenvalue weighted by Gasteiger charge is -2.08. The molecule has 1 atom stereocenters. The van der Waals surface area contributed by atoms with Gasteiger partial charge in [0.2, 0.25) is 5.91 Å². The highest BCUT2D eigenvalue weighted by Crippen LogP contribution is 2.48. The molecule has 2 aromatic carbocycles. The van der Waals surface area contributed by atoms with Crippen LogP contribution >= 0.6 is 0 Å². The molecule has 6 nitrogen and oxygen atoms in total. The number of hydrogen-bond donors (Lipinski definition) is 1. The maximum absolute atomic E-state index is 13.1. The van der Waals surface area contributed by atoms with Gasteiger partial charge in [0.15, 0.2) is 5.78 Å². The van der Waals surface area contributed by atoms with Crippen molar-refractivity contribution in [3.63, 3.8) is 0 Å². The van der Waals surface area contributed by atoms with Crippen LogP contribution in [0.4, 0.5) is 5.69 Å². The van der Waals surface area contributed by atoms with E-state index in [1.807, 2.05) is 43.3 Å². The summed E-state index contributed by atoms with van der Waals surface area (Å²) < 4.78 is 5.46. The quantitative estimate of drug-likeness (QED) is 0.902. The zero-order valence-corrected chi connectivity index (χ0v) is 14.4. The lowest BCUT2D eigenvalue weighted by atomic mass is 10.0. The molecule has 1 unspecified atom stereocenters. The molecule has 1 aliphatic carbocycles. The van der Waals surface area contributed by atoms with Crippen molar-refractivity contribution in [3.8, 4) is 5.75 Å². The second kappa shape index (κ2) is 6.22. The van der Waals surface area contributed by atoms with Crippen LogP contribution in [0.15, 0.2) is 58.3 Å². The number of nitrogens with one attached hydrogen (secondary N) is 1. The molecule has 1 N–H and O–H groups in total. The molecule has 1 amide bonds. The number of carbonyl (C=O) groups excluding carboxylic acids is 2. The van der Waals surface area contributed by atoms with Gasteiger partial charge in [-0.05, 0) is 42.8 Å². The molecule has 0 fully saturated rings. The number of ketones is 1. The van der Waals surface area contributed by atoms with Crippen LogP contribution < -0.4 is 10.1 Å². The van der Waals surface area contributed by atoms with Gasteiger partial charge in [-0.2, -0.15) is 10.2 Å². The Hall–Kier alpha value is -3.28. The Morgan fingerprint density at radius 3 is 2.65 bits per heavy atom. The summed E-state index contributed by atoms with van der Waals surface area (Å²) in [6.45, 7) is 3.94. The molecule has 130 valence electrons. The van der Waals surface area contributed by atoms with Gasteiger partial charge < -0.3 is 10.1 Å². The Bertz CT molecular complexity index is 974. The first-order valence-electron chi connectivity index (χ1n) is 8.43. The van der Waals surface area contributed by atoms with Gasteiger partial charge in [-0.3, -0.25) is 9.59 Å². The first-order valence-corrected chi connectivity index (χ1v) is 8.43. The number of hydrogen-bond acceptors (Lipinski definition) is 5. The Morgan fingerprint density at radius 2 is 1.96 bits per heavy atom. The number of ether oxygens (including phenoxy) is 1. The summed E-state index contributed by atoms with van der Waals surface area (Å²) in [5.41, 5.74) is 3.75. The minimum absolute atomic E-state index is 0.136. The lowest BCUT2D eigenvalue weighted by molar-refractivity contribution is -0.114. The smallest absolute Gasteiger partial charge is 0.221 e. The van der Waals surface area contributed by atoms with E-state index in [0.29, 0.717) is 29.1 Å². The molecule has 4 rings (SSSR count). The first-order chi connectivity index (χ1) is 12.6. The van der Waals surface area contributed by atoms with E-state index in [9.17, 15) is 9.59 Å². The Balaban J connectivity index is 1.77. The number of nitrogens with zero attached hydrogens (tertiary/aromatic N) is 2. The molecule has 0 radical (unpaired) electrons. The van der Waals surface area contributed by atoms with Crippen LogP contribution in [0.25, 0.3) is 5.70 Å². The fourth-order valence-corrected chi connectivity index (χ4v) is 3.37. The molecule has 0 aromatic heterocycles. The highest BCUT2D eigenvalue weighted by atomic mass is 16.5. The molecule has 1 aliphatic heterocycles. The van der Waals surface area contributed by atoms with E-state index in [2.05, 4.69) is 15.5 Å². The largest absolute Gasteiger partial charge is 0.494 e. The van der Waals surface area contributed by atoms with E-state index in [-0.39, 0.29) is 11.7 Å². The summed E-state index contributed by atoms with van der Waals surface area (Å²) in [4.78, 5) is 24.5. The van der Waals surface area contributed by atoms with Gasteiger partial charge in [-0.15, -0.1) is 0 Å². The first kappa shape index (κ1) is 16.2. The van der Waals surface area contributed by atoms with Crippen LogP contribution in [0, 0.1) is 0 Å². The number of anilines is 1. The number of benzene rings is 2. The summed E-state index contributed by atoms with van der Waals surface area (Å²) >= 11 is 0. The third-order valence-corrected chi connectivity index (χ3v) is 4.41. The van der Waals surface area contributed by atoms with E-state index >= 15 is 0 Å². The van der Waals surface area contributed by atoms with Crippen molar-refractivity contribution in [1.82, 2.24) is 0 Å². The second-order valence-corrected chi connectivity index (χ2v) is 6.12. The maximum atomic E-state index is 13.1. The summed E-state index contributed by atoms with van der Waals surface area (Å²) in [6, 6.07) is 12.4. The highest BCUT2D eigenvalue weighted by molar-refractivity contribution is 6.22. The average Bonchev–Trinajstić information content (AvgIpc) is 3.17. The molecule has 0 bridgehead atoms. The van der Waals surface area contributed by atoms with Gasteiger partial charge in [0.25, 0.3) is 0 Å². The number of azo groups is 1. The Labute approximate surface area is 150 Å². The van der Waals surface area contributed by atoms with Crippen molar-refractivity contribution in [2.75, 3.05) is 11.9 Å². The molecule has 26 heavy (non-hydrogen) atoms. The van der Waals surface area contributed by atoms with Crippen LogP contribution in [0.2, 0.25) is 0 Å². The summed E-state index contributed by atoms with van der Waals surface area (Å²) in [7, 11) is 0. The number of amides is 1. The minimum Gasteiger partial charge on any atom is -0.494 e. The van der Waals surface area contributed by atoms with Crippen molar-refractivity contribution >= 4 is 23.1 Å². The maximum Gasteiger partial charge on any atom is 0.221 e. The molecule has 1 heterocycles. The van der Waals surface area contributed by atoms with Crippen LogP contribution in [-0.4, -0.2) is 18.3 Å². The van der Waals surface area contributed by atoms with Gasteiger partial charge in [-0.25, -0.2) is 0 Å². The van der Waals surface area contributed by atoms with E-state index in [4.69, 9.17) is 4.74 Å². The molecule has 0 saturated carbocycles. The predicted octanol–water partition coefficient (Wildman–Crippen LogP) is 4.16. The average molecular weight is 347 g/mol. The molecule has 0 saturated heterocycles. The number of carbonyl (C=O) groups is 2. The lowest BCUT2D eigenvalue weighted by Crippen LogP contribution is -2.10. The van der Waals surface area contributed by atoms with Gasteiger partial charge in [0, 0.05) is 12.5 Å². The van der Waals surface area contributed by atoms with Crippen molar-refractivity contribution in [2.24, 2.45) is 10.2 Å². The van der Waals surface area contributed by atoms with E-state index in [0.717, 1.165) is 16.9 Å². The molecule has 0 spiro atoms. The third kappa shape index (κ3) is 2.50. The molecular weight excluding hydrogens is 330 g/mol. The highest BCUT2D eigenvalue weighted by Gasteiger charge is 2.42. The van der Waals surface area contributed by atoms with Gasteiger partial charge in [0.1, 0.15) is 17.5 Å². The van der Waals surface area contributed by atoms with E-state index < -0.39 is 6.04 Å². The monoisotopic (exact) mass is 347 g/mol. The topological polar surface area (TPSA) is 80.1 Å². The van der Waals surface area contributed by atoms with E-state index in [1.54, 1.807) is 6.07 Å². The second-order valence-electron chi connectivity index (χ2n) is 6.12. The van der Waals surface area contributed by atoms with E-state index in [1.165, 1.54) is 6.92 Å².